The van der Waals surface area contributed by atoms with Crippen LogP contribution in [-0.2, 0) is 5.33 Å². The third-order valence-electron chi connectivity index (χ3n) is 2.26. The lowest BCUT2D eigenvalue weighted by Gasteiger charge is -2.05. The summed E-state index contributed by atoms with van der Waals surface area (Å²) in [5.41, 5.74) is 2.75. The SMILES string of the molecule is O=c1cc[nH]c(-c2ccccc2)c1CBr. The van der Waals surface area contributed by atoms with E-state index >= 15 is 0 Å². The minimum Gasteiger partial charge on any atom is -0.361 e. The van der Waals surface area contributed by atoms with Gasteiger partial charge in [-0.25, -0.2) is 0 Å². The second-order valence-corrected chi connectivity index (χ2v) is 3.76. The van der Waals surface area contributed by atoms with E-state index in [1.165, 1.54) is 0 Å². The van der Waals surface area contributed by atoms with Crippen molar-refractivity contribution in [1.82, 2.24) is 4.98 Å². The molecule has 0 aliphatic carbocycles. The summed E-state index contributed by atoms with van der Waals surface area (Å²) in [6.45, 7) is 0. The van der Waals surface area contributed by atoms with Gasteiger partial charge in [-0.2, -0.15) is 0 Å². The maximum atomic E-state index is 11.6. The zero-order valence-electron chi connectivity index (χ0n) is 8.03. The predicted octanol–water partition coefficient (Wildman–Crippen LogP) is 2.94. The van der Waals surface area contributed by atoms with Gasteiger partial charge in [-0.3, -0.25) is 4.79 Å². The third kappa shape index (κ3) is 2.02. The van der Waals surface area contributed by atoms with Gasteiger partial charge in [0.15, 0.2) is 5.43 Å². The van der Waals surface area contributed by atoms with Crippen molar-refractivity contribution in [2.24, 2.45) is 0 Å². The standard InChI is InChI=1S/C12H10BrNO/c13-8-10-11(15)6-7-14-12(10)9-4-2-1-3-5-9/h1-7H,8H2,(H,14,15). The van der Waals surface area contributed by atoms with Crippen LogP contribution in [-0.4, -0.2) is 4.98 Å². The van der Waals surface area contributed by atoms with Crippen molar-refractivity contribution < 1.29 is 0 Å². The Hall–Kier alpha value is -1.35. The summed E-state index contributed by atoms with van der Waals surface area (Å²) in [5.74, 6) is 0. The molecule has 0 aliphatic heterocycles. The van der Waals surface area contributed by atoms with Gasteiger partial charge in [-0.05, 0) is 5.56 Å². The number of hydrogen-bond donors (Lipinski definition) is 1. The van der Waals surface area contributed by atoms with Crippen LogP contribution in [0.25, 0.3) is 11.3 Å². The quantitative estimate of drug-likeness (QED) is 0.831. The normalized spacial score (nSPS) is 10.2. The topological polar surface area (TPSA) is 32.9 Å². The molecule has 0 bridgehead atoms. The fourth-order valence-electron chi connectivity index (χ4n) is 1.51. The van der Waals surface area contributed by atoms with Gasteiger partial charge >= 0.3 is 0 Å². The molecule has 3 heteroatoms. The molecular weight excluding hydrogens is 254 g/mol. The zero-order chi connectivity index (χ0) is 10.7. The molecule has 0 saturated carbocycles. The fraction of sp³-hybridized carbons (Fsp3) is 0.0833. The van der Waals surface area contributed by atoms with E-state index in [2.05, 4.69) is 20.9 Å². The van der Waals surface area contributed by atoms with Gasteiger partial charge in [0.2, 0.25) is 0 Å². The highest BCUT2D eigenvalue weighted by molar-refractivity contribution is 9.08. The average Bonchev–Trinajstić information content (AvgIpc) is 2.30. The smallest absolute Gasteiger partial charge is 0.186 e. The molecular formula is C12H10BrNO. The highest BCUT2D eigenvalue weighted by Crippen LogP contribution is 2.19. The second-order valence-electron chi connectivity index (χ2n) is 3.20. The third-order valence-corrected chi connectivity index (χ3v) is 2.82. The minimum absolute atomic E-state index is 0.0597. The number of rotatable bonds is 2. The van der Waals surface area contributed by atoms with Crippen LogP contribution in [0.3, 0.4) is 0 Å². The highest BCUT2D eigenvalue weighted by atomic mass is 79.9. The molecule has 0 atom stereocenters. The summed E-state index contributed by atoms with van der Waals surface area (Å²) in [6.07, 6.45) is 1.68. The van der Waals surface area contributed by atoms with E-state index in [1.807, 2.05) is 30.3 Å². The first-order chi connectivity index (χ1) is 7.33. The number of nitrogens with one attached hydrogen (secondary N) is 1. The average molecular weight is 264 g/mol. The van der Waals surface area contributed by atoms with Crippen LogP contribution in [0.5, 0.6) is 0 Å². The minimum atomic E-state index is 0.0597. The molecule has 2 rings (SSSR count). The highest BCUT2D eigenvalue weighted by Gasteiger charge is 2.06. The Morgan fingerprint density at radius 1 is 1.13 bits per heavy atom. The summed E-state index contributed by atoms with van der Waals surface area (Å²) in [6, 6.07) is 11.4. The van der Waals surface area contributed by atoms with Crippen LogP contribution in [0, 0.1) is 0 Å². The summed E-state index contributed by atoms with van der Waals surface area (Å²) < 4.78 is 0. The second kappa shape index (κ2) is 4.45. The number of pyridine rings is 1. The Bertz CT molecular complexity index is 505. The molecule has 76 valence electrons. The van der Waals surface area contributed by atoms with E-state index in [9.17, 15) is 4.79 Å². The van der Waals surface area contributed by atoms with Gasteiger partial charge in [0.25, 0.3) is 0 Å². The summed E-state index contributed by atoms with van der Waals surface area (Å²) in [4.78, 5) is 14.7. The molecule has 0 spiro atoms. The molecule has 1 heterocycles. The van der Waals surface area contributed by atoms with E-state index in [4.69, 9.17) is 0 Å². The summed E-state index contributed by atoms with van der Waals surface area (Å²) in [5, 5.41) is 0.563. The lowest BCUT2D eigenvalue weighted by atomic mass is 10.1. The molecule has 0 aliphatic rings. The van der Waals surface area contributed by atoms with Gasteiger partial charge in [-0.15, -0.1) is 0 Å². The van der Waals surface area contributed by atoms with Crippen molar-refractivity contribution in [1.29, 1.82) is 0 Å². The Balaban J connectivity index is 2.63. The maximum absolute atomic E-state index is 11.6. The van der Waals surface area contributed by atoms with E-state index in [1.54, 1.807) is 12.3 Å². The van der Waals surface area contributed by atoms with Crippen molar-refractivity contribution in [3.63, 3.8) is 0 Å². The Morgan fingerprint density at radius 3 is 2.53 bits per heavy atom. The molecule has 15 heavy (non-hydrogen) atoms. The molecule has 0 saturated heterocycles. The van der Waals surface area contributed by atoms with Crippen LogP contribution in [0.4, 0.5) is 0 Å². The van der Waals surface area contributed by atoms with Crippen LogP contribution in [0.15, 0.2) is 47.4 Å². The monoisotopic (exact) mass is 263 g/mol. The zero-order valence-corrected chi connectivity index (χ0v) is 9.62. The number of H-pyrrole nitrogens is 1. The van der Waals surface area contributed by atoms with Gasteiger partial charge in [0.05, 0.1) is 5.69 Å². The van der Waals surface area contributed by atoms with Crippen LogP contribution >= 0.6 is 15.9 Å². The van der Waals surface area contributed by atoms with Crippen LogP contribution in [0.2, 0.25) is 0 Å². The lowest BCUT2D eigenvalue weighted by Crippen LogP contribution is -2.08. The molecule has 0 amide bonds. The largest absolute Gasteiger partial charge is 0.361 e. The van der Waals surface area contributed by atoms with Crippen molar-refractivity contribution >= 4 is 15.9 Å². The van der Waals surface area contributed by atoms with E-state index in [0.717, 1.165) is 16.8 Å². The fourth-order valence-corrected chi connectivity index (χ4v) is 2.06. The van der Waals surface area contributed by atoms with E-state index < -0.39 is 0 Å². The maximum Gasteiger partial charge on any atom is 0.186 e. The number of halogens is 1. The molecule has 1 aromatic heterocycles. The van der Waals surface area contributed by atoms with Gasteiger partial charge < -0.3 is 4.98 Å². The molecule has 1 N–H and O–H groups in total. The first kappa shape index (κ1) is 10.2. The van der Waals surface area contributed by atoms with Gasteiger partial charge in [0.1, 0.15) is 0 Å². The molecule has 0 fully saturated rings. The molecule has 2 nitrogen and oxygen atoms in total. The van der Waals surface area contributed by atoms with E-state index in [0.29, 0.717) is 5.33 Å². The van der Waals surface area contributed by atoms with Crippen molar-refractivity contribution in [2.45, 2.75) is 5.33 Å². The van der Waals surface area contributed by atoms with Gasteiger partial charge in [-0.1, -0.05) is 46.3 Å². The lowest BCUT2D eigenvalue weighted by molar-refractivity contribution is 1.23. The van der Waals surface area contributed by atoms with Crippen LogP contribution in [0.1, 0.15) is 5.56 Å². The summed E-state index contributed by atoms with van der Waals surface area (Å²) >= 11 is 3.34. The number of hydrogen-bond acceptors (Lipinski definition) is 1. The molecule has 0 unspecified atom stereocenters. The predicted molar refractivity (Wildman–Crippen MR) is 65.1 cm³/mol. The first-order valence-corrected chi connectivity index (χ1v) is 5.77. The molecule has 2 aromatic rings. The number of aromatic amines is 1. The number of aromatic nitrogens is 1. The van der Waals surface area contributed by atoms with Crippen molar-refractivity contribution in [2.75, 3.05) is 0 Å². The van der Waals surface area contributed by atoms with Gasteiger partial charge in [0, 0.05) is 23.2 Å². The first-order valence-electron chi connectivity index (χ1n) is 4.65. The van der Waals surface area contributed by atoms with E-state index in [-0.39, 0.29) is 5.43 Å². The van der Waals surface area contributed by atoms with Crippen LogP contribution < -0.4 is 5.43 Å². The molecule has 1 aromatic carbocycles. The number of alkyl halides is 1. The molecule has 0 radical (unpaired) electrons. The number of benzene rings is 1. The Kier molecular flexibility index (Phi) is 3.02. The van der Waals surface area contributed by atoms with Crippen molar-refractivity contribution in [3.05, 3.63) is 58.4 Å². The van der Waals surface area contributed by atoms with Crippen molar-refractivity contribution in [3.8, 4) is 11.3 Å². The Labute approximate surface area is 96.1 Å². The Morgan fingerprint density at radius 2 is 1.87 bits per heavy atom. The summed E-state index contributed by atoms with van der Waals surface area (Å²) in [7, 11) is 0.